The first-order valence-electron chi connectivity index (χ1n) is 11.5. The van der Waals surface area contributed by atoms with Gasteiger partial charge in [-0.2, -0.15) is 0 Å². The standard InChI is InChI=1S/C26H25Cl4N3O4S/c1-3-31-26(35)17(2)32(15-18-9-10-19(27)14-24(18)30)25(34)16-33(22-12-20(28)11-21(29)13-22)38(36,37)23-7-5-4-6-8-23/h4-14,17H,3,15-16H2,1-2H3,(H,31,35). The maximum Gasteiger partial charge on any atom is 0.264 e. The average Bonchev–Trinajstić information content (AvgIpc) is 2.86. The van der Waals surface area contributed by atoms with Gasteiger partial charge in [0.25, 0.3) is 10.0 Å². The van der Waals surface area contributed by atoms with Gasteiger partial charge in [0, 0.05) is 33.2 Å². The second-order valence-corrected chi connectivity index (χ2v) is 11.9. The van der Waals surface area contributed by atoms with Gasteiger partial charge in [-0.15, -0.1) is 0 Å². The van der Waals surface area contributed by atoms with Crippen LogP contribution in [0.1, 0.15) is 19.4 Å². The highest BCUT2D eigenvalue weighted by Gasteiger charge is 2.33. The van der Waals surface area contributed by atoms with Crippen molar-refractivity contribution in [3.05, 3.63) is 92.4 Å². The number of hydrogen-bond acceptors (Lipinski definition) is 4. The van der Waals surface area contributed by atoms with E-state index < -0.39 is 34.4 Å². The summed E-state index contributed by atoms with van der Waals surface area (Å²) in [6.07, 6.45) is 0. The van der Waals surface area contributed by atoms with E-state index in [0.717, 1.165) is 4.31 Å². The molecule has 0 saturated carbocycles. The molecule has 0 aliphatic heterocycles. The Kier molecular flexibility index (Phi) is 10.3. The molecule has 12 heteroatoms. The number of carbonyl (C=O) groups excluding carboxylic acids is 2. The number of nitrogens with zero attached hydrogens (tertiary/aromatic N) is 2. The third-order valence-electron chi connectivity index (χ3n) is 5.62. The fraction of sp³-hybridized carbons (Fsp3) is 0.231. The van der Waals surface area contributed by atoms with Gasteiger partial charge in [-0.05, 0) is 61.9 Å². The Morgan fingerprint density at radius 2 is 1.53 bits per heavy atom. The number of rotatable bonds is 10. The average molecular weight is 617 g/mol. The highest BCUT2D eigenvalue weighted by atomic mass is 35.5. The number of amides is 2. The summed E-state index contributed by atoms with van der Waals surface area (Å²) in [6.45, 7) is 2.96. The zero-order chi connectivity index (χ0) is 28.0. The van der Waals surface area contributed by atoms with Gasteiger partial charge in [-0.25, -0.2) is 8.42 Å². The smallest absolute Gasteiger partial charge is 0.264 e. The Hall–Kier alpha value is -2.49. The fourth-order valence-corrected chi connectivity index (χ4v) is 6.07. The van der Waals surface area contributed by atoms with Crippen LogP contribution in [-0.4, -0.2) is 44.3 Å². The lowest BCUT2D eigenvalue weighted by atomic mass is 10.1. The summed E-state index contributed by atoms with van der Waals surface area (Å²) >= 11 is 24.7. The second-order valence-electron chi connectivity index (χ2n) is 8.28. The minimum Gasteiger partial charge on any atom is -0.355 e. The molecule has 1 N–H and O–H groups in total. The number of hydrogen-bond donors (Lipinski definition) is 1. The molecule has 2 amide bonds. The molecule has 0 aliphatic carbocycles. The third kappa shape index (κ3) is 7.33. The van der Waals surface area contributed by atoms with Crippen LogP contribution >= 0.6 is 46.4 Å². The predicted octanol–water partition coefficient (Wildman–Crippen LogP) is 6.05. The minimum absolute atomic E-state index is 0.0343. The summed E-state index contributed by atoms with van der Waals surface area (Å²) < 4.78 is 28.4. The molecule has 0 fully saturated rings. The van der Waals surface area contributed by atoms with Crippen molar-refractivity contribution in [3.63, 3.8) is 0 Å². The van der Waals surface area contributed by atoms with Crippen LogP contribution in [0, 0.1) is 0 Å². The van der Waals surface area contributed by atoms with Crippen molar-refractivity contribution in [1.82, 2.24) is 10.2 Å². The van der Waals surface area contributed by atoms with Crippen molar-refractivity contribution in [2.24, 2.45) is 0 Å². The molecule has 0 heterocycles. The van der Waals surface area contributed by atoms with E-state index in [4.69, 9.17) is 46.4 Å². The first kappa shape index (κ1) is 30.1. The van der Waals surface area contributed by atoms with Gasteiger partial charge in [0.05, 0.1) is 10.6 Å². The van der Waals surface area contributed by atoms with Crippen LogP contribution in [0.2, 0.25) is 20.1 Å². The van der Waals surface area contributed by atoms with Gasteiger partial charge in [0.15, 0.2) is 0 Å². The third-order valence-corrected chi connectivity index (χ3v) is 8.43. The molecule has 1 atom stereocenters. The van der Waals surface area contributed by atoms with Crippen LogP contribution < -0.4 is 9.62 Å². The molecule has 3 aromatic rings. The summed E-state index contributed by atoms with van der Waals surface area (Å²) in [4.78, 5) is 27.8. The molecule has 0 saturated heterocycles. The Morgan fingerprint density at radius 1 is 0.895 bits per heavy atom. The molecule has 0 spiro atoms. The number of nitrogens with one attached hydrogen (secondary N) is 1. The summed E-state index contributed by atoms with van der Waals surface area (Å²) in [6, 6.07) is 15.7. The Morgan fingerprint density at radius 3 is 2.11 bits per heavy atom. The maximum atomic E-state index is 13.8. The molecule has 1 unspecified atom stereocenters. The molecule has 38 heavy (non-hydrogen) atoms. The Bertz CT molecular complexity index is 1400. The number of likely N-dealkylation sites (N-methyl/N-ethyl adjacent to an activating group) is 1. The lowest BCUT2D eigenvalue weighted by Gasteiger charge is -2.32. The first-order valence-corrected chi connectivity index (χ1v) is 14.4. The van der Waals surface area contributed by atoms with Gasteiger partial charge >= 0.3 is 0 Å². The largest absolute Gasteiger partial charge is 0.355 e. The van der Waals surface area contributed by atoms with Gasteiger partial charge in [0.2, 0.25) is 11.8 Å². The number of sulfonamides is 1. The number of carbonyl (C=O) groups is 2. The van der Waals surface area contributed by atoms with E-state index in [1.54, 1.807) is 44.2 Å². The van der Waals surface area contributed by atoms with E-state index >= 15 is 0 Å². The first-order chi connectivity index (χ1) is 17.9. The summed E-state index contributed by atoms with van der Waals surface area (Å²) in [5.41, 5.74) is 0.624. The topological polar surface area (TPSA) is 86.8 Å². The van der Waals surface area contributed by atoms with E-state index in [1.807, 2.05) is 0 Å². The predicted molar refractivity (Wildman–Crippen MR) is 153 cm³/mol. The monoisotopic (exact) mass is 615 g/mol. The van der Waals surface area contributed by atoms with Crippen LogP contribution in [0.5, 0.6) is 0 Å². The zero-order valence-corrected chi connectivity index (χ0v) is 24.3. The molecule has 0 radical (unpaired) electrons. The van der Waals surface area contributed by atoms with Crippen LogP contribution in [-0.2, 0) is 26.2 Å². The molecule has 0 aliphatic rings. The summed E-state index contributed by atoms with van der Waals surface area (Å²) in [7, 11) is -4.23. The van der Waals surface area contributed by atoms with Crippen molar-refractivity contribution < 1.29 is 18.0 Å². The highest BCUT2D eigenvalue weighted by Crippen LogP contribution is 2.30. The zero-order valence-electron chi connectivity index (χ0n) is 20.5. The number of anilines is 1. The van der Waals surface area contributed by atoms with Crippen molar-refractivity contribution in [2.45, 2.75) is 31.3 Å². The van der Waals surface area contributed by atoms with Crippen molar-refractivity contribution in [1.29, 1.82) is 0 Å². The van der Waals surface area contributed by atoms with Gasteiger partial charge in [-0.1, -0.05) is 70.7 Å². The molecule has 7 nitrogen and oxygen atoms in total. The van der Waals surface area contributed by atoms with Crippen molar-refractivity contribution in [3.8, 4) is 0 Å². The highest BCUT2D eigenvalue weighted by molar-refractivity contribution is 7.92. The fourth-order valence-electron chi connectivity index (χ4n) is 3.67. The van der Waals surface area contributed by atoms with Crippen molar-refractivity contribution in [2.75, 3.05) is 17.4 Å². The van der Waals surface area contributed by atoms with Crippen LogP contribution in [0.3, 0.4) is 0 Å². The van der Waals surface area contributed by atoms with E-state index in [9.17, 15) is 18.0 Å². The van der Waals surface area contributed by atoms with E-state index in [-0.39, 0.29) is 27.2 Å². The summed E-state index contributed by atoms with van der Waals surface area (Å²) in [5.74, 6) is -1.06. The van der Waals surface area contributed by atoms with Crippen molar-refractivity contribution >= 4 is 73.9 Å². The molecule has 0 aromatic heterocycles. The molecule has 3 aromatic carbocycles. The Balaban J connectivity index is 2.07. The van der Waals surface area contributed by atoms with Gasteiger partial charge in [-0.3, -0.25) is 13.9 Å². The molecular formula is C26H25Cl4N3O4S. The molecular weight excluding hydrogens is 592 g/mol. The number of halogens is 4. The lowest BCUT2D eigenvalue weighted by Crippen LogP contribution is -2.51. The van der Waals surface area contributed by atoms with Crippen LogP contribution in [0.15, 0.2) is 71.6 Å². The molecule has 3 rings (SSSR count). The lowest BCUT2D eigenvalue weighted by molar-refractivity contribution is -0.139. The molecule has 0 bridgehead atoms. The second kappa shape index (κ2) is 13.0. The molecule has 202 valence electrons. The van der Waals surface area contributed by atoms with E-state index in [2.05, 4.69) is 5.32 Å². The van der Waals surface area contributed by atoms with Gasteiger partial charge < -0.3 is 10.2 Å². The van der Waals surface area contributed by atoms with E-state index in [1.165, 1.54) is 41.3 Å². The Labute approximate surface area is 242 Å². The van der Waals surface area contributed by atoms with E-state index in [0.29, 0.717) is 22.2 Å². The SMILES string of the molecule is CCNC(=O)C(C)N(Cc1ccc(Cl)cc1Cl)C(=O)CN(c1cc(Cl)cc(Cl)c1)S(=O)(=O)c1ccccc1. The normalized spacial score (nSPS) is 12.1. The van der Waals surface area contributed by atoms with Crippen LogP contribution in [0.25, 0.3) is 0 Å². The number of benzene rings is 3. The summed E-state index contributed by atoms with van der Waals surface area (Å²) in [5, 5.41) is 3.78. The quantitative estimate of drug-likeness (QED) is 0.300. The van der Waals surface area contributed by atoms with Crippen LogP contribution in [0.4, 0.5) is 5.69 Å². The maximum absolute atomic E-state index is 13.8. The minimum atomic E-state index is -4.23. The van der Waals surface area contributed by atoms with Gasteiger partial charge in [0.1, 0.15) is 12.6 Å².